The Balaban J connectivity index is 1.83. The van der Waals surface area contributed by atoms with E-state index in [-0.39, 0.29) is 11.8 Å². The minimum absolute atomic E-state index is 0.0461. The highest BCUT2D eigenvalue weighted by molar-refractivity contribution is 5.73. The van der Waals surface area contributed by atoms with E-state index >= 15 is 0 Å². The maximum absolute atomic E-state index is 11.4. The molecule has 0 aromatic carbocycles. The molecule has 2 aliphatic rings. The van der Waals surface area contributed by atoms with E-state index in [0.29, 0.717) is 24.8 Å². The molecule has 0 radical (unpaired) electrons. The number of amides is 1. The molecule has 0 N–H and O–H groups in total. The lowest BCUT2D eigenvalue weighted by Crippen LogP contribution is -2.53. The lowest BCUT2D eigenvalue weighted by atomic mass is 10.0. The van der Waals surface area contributed by atoms with Crippen LogP contribution in [0, 0.1) is 34.5 Å². The van der Waals surface area contributed by atoms with Crippen LogP contribution in [0.2, 0.25) is 0 Å². The number of likely N-dealkylation sites (tertiary alicyclic amines) is 1. The maximum Gasteiger partial charge on any atom is 0.219 e. The molecule has 1 amide bonds. The van der Waals surface area contributed by atoms with Crippen molar-refractivity contribution in [3.05, 3.63) is 0 Å². The molecule has 6 nitrogen and oxygen atoms in total. The van der Waals surface area contributed by atoms with E-state index in [1.54, 1.807) is 6.92 Å². The van der Waals surface area contributed by atoms with Gasteiger partial charge in [0.1, 0.15) is 0 Å². The summed E-state index contributed by atoms with van der Waals surface area (Å²) in [6.45, 7) is 10.2. The Morgan fingerprint density at radius 1 is 1.22 bits per heavy atom. The highest BCUT2D eigenvalue weighted by Gasteiger charge is 2.36. The summed E-state index contributed by atoms with van der Waals surface area (Å²) in [7, 11) is 0. The molecule has 2 heterocycles. The second-order valence-corrected chi connectivity index (χ2v) is 6.83. The smallest absolute Gasteiger partial charge is 0.219 e. The summed E-state index contributed by atoms with van der Waals surface area (Å²) < 4.78 is 0. The second-order valence-electron chi connectivity index (χ2n) is 6.83. The average molecular weight is 317 g/mol. The standard InChI is InChI=1S/C17H27N5O/c1-14-11-20(12-16(10-19)4-3-5-18)13-17(14)22-8-6-21(7-9-22)15(2)23/h14,16-17H,3-4,6-9,11-13H2,1-2H3/t14-,16+,17+/m0/s1. The van der Waals surface area contributed by atoms with Gasteiger partial charge in [-0.3, -0.25) is 9.69 Å². The lowest BCUT2D eigenvalue weighted by molar-refractivity contribution is -0.130. The molecule has 0 bridgehead atoms. The quantitative estimate of drug-likeness (QED) is 0.753. The van der Waals surface area contributed by atoms with E-state index in [4.69, 9.17) is 5.26 Å². The Morgan fingerprint density at radius 2 is 1.91 bits per heavy atom. The molecule has 6 heteroatoms. The highest BCUT2D eigenvalue weighted by Crippen LogP contribution is 2.24. The molecule has 2 aliphatic heterocycles. The Labute approximate surface area is 139 Å². The Morgan fingerprint density at radius 3 is 2.48 bits per heavy atom. The third kappa shape index (κ3) is 4.67. The fourth-order valence-corrected chi connectivity index (χ4v) is 3.79. The molecule has 0 saturated carbocycles. The molecule has 0 spiro atoms. The van der Waals surface area contributed by atoms with Crippen LogP contribution in [0.3, 0.4) is 0 Å². The van der Waals surface area contributed by atoms with Crippen molar-refractivity contribution in [2.75, 3.05) is 45.8 Å². The van der Waals surface area contributed by atoms with Gasteiger partial charge in [0.2, 0.25) is 5.91 Å². The maximum atomic E-state index is 11.4. The van der Waals surface area contributed by atoms with Gasteiger partial charge in [0.05, 0.1) is 18.1 Å². The number of nitrogens with zero attached hydrogens (tertiary/aromatic N) is 5. The van der Waals surface area contributed by atoms with Crippen molar-refractivity contribution >= 4 is 5.91 Å². The number of piperazine rings is 1. The highest BCUT2D eigenvalue weighted by atomic mass is 16.2. The lowest BCUT2D eigenvalue weighted by Gasteiger charge is -2.39. The summed E-state index contributed by atoms with van der Waals surface area (Å²) in [6.07, 6.45) is 1.12. The Hall–Kier alpha value is -1.63. The first-order valence-electron chi connectivity index (χ1n) is 8.53. The summed E-state index contributed by atoms with van der Waals surface area (Å²) in [5.41, 5.74) is 0. The van der Waals surface area contributed by atoms with Crippen LogP contribution in [-0.4, -0.2) is 72.5 Å². The predicted molar refractivity (Wildman–Crippen MR) is 87.2 cm³/mol. The number of carbonyl (C=O) groups excluding carboxylic acids is 1. The third-order valence-electron chi connectivity index (χ3n) is 5.14. The first-order chi connectivity index (χ1) is 11.0. The fraction of sp³-hybridized carbons (Fsp3) is 0.824. The van der Waals surface area contributed by atoms with Crippen molar-refractivity contribution in [1.82, 2.24) is 14.7 Å². The van der Waals surface area contributed by atoms with Crippen molar-refractivity contribution < 1.29 is 4.79 Å². The molecule has 2 saturated heterocycles. The summed E-state index contributed by atoms with van der Waals surface area (Å²) in [6, 6.07) is 4.98. The van der Waals surface area contributed by atoms with E-state index < -0.39 is 0 Å². The van der Waals surface area contributed by atoms with E-state index in [9.17, 15) is 10.1 Å². The van der Waals surface area contributed by atoms with Gasteiger partial charge in [0.15, 0.2) is 0 Å². The summed E-state index contributed by atoms with van der Waals surface area (Å²) in [5.74, 6) is 0.699. The SMILES string of the molecule is CC(=O)N1CCN([C@@H]2CN(C[C@@H](C#N)CCC#N)C[C@@H]2C)CC1. The van der Waals surface area contributed by atoms with Crippen molar-refractivity contribution in [2.24, 2.45) is 11.8 Å². The summed E-state index contributed by atoms with van der Waals surface area (Å²) in [5, 5.41) is 17.9. The summed E-state index contributed by atoms with van der Waals surface area (Å²) in [4.78, 5) is 18.2. The van der Waals surface area contributed by atoms with Gasteiger partial charge < -0.3 is 9.80 Å². The minimum Gasteiger partial charge on any atom is -0.340 e. The third-order valence-corrected chi connectivity index (χ3v) is 5.14. The molecule has 3 atom stereocenters. The molecule has 0 aliphatic carbocycles. The van der Waals surface area contributed by atoms with Crippen LogP contribution in [0.1, 0.15) is 26.7 Å². The largest absolute Gasteiger partial charge is 0.340 e. The first kappa shape index (κ1) is 17.7. The summed E-state index contributed by atoms with van der Waals surface area (Å²) >= 11 is 0. The molecule has 0 unspecified atom stereocenters. The first-order valence-corrected chi connectivity index (χ1v) is 8.53. The van der Waals surface area contributed by atoms with Gasteiger partial charge >= 0.3 is 0 Å². The molecule has 126 valence electrons. The van der Waals surface area contributed by atoms with Gasteiger partial charge in [-0.05, 0) is 12.3 Å². The van der Waals surface area contributed by atoms with Gasteiger partial charge in [-0.25, -0.2) is 0 Å². The van der Waals surface area contributed by atoms with Crippen LogP contribution in [0.25, 0.3) is 0 Å². The van der Waals surface area contributed by atoms with Gasteiger partial charge in [-0.15, -0.1) is 0 Å². The van der Waals surface area contributed by atoms with Crippen LogP contribution in [-0.2, 0) is 4.79 Å². The Bertz CT molecular complexity index is 486. The van der Waals surface area contributed by atoms with Crippen molar-refractivity contribution in [3.8, 4) is 12.1 Å². The number of rotatable bonds is 5. The molecule has 0 aromatic heterocycles. The monoisotopic (exact) mass is 317 g/mol. The normalized spacial score (nSPS) is 27.4. The minimum atomic E-state index is -0.0461. The zero-order valence-electron chi connectivity index (χ0n) is 14.2. The topological polar surface area (TPSA) is 74.4 Å². The van der Waals surface area contributed by atoms with E-state index in [2.05, 4.69) is 28.9 Å². The number of hydrogen-bond acceptors (Lipinski definition) is 5. The van der Waals surface area contributed by atoms with Crippen LogP contribution in [0.15, 0.2) is 0 Å². The number of nitriles is 2. The zero-order valence-corrected chi connectivity index (χ0v) is 14.2. The predicted octanol–water partition coefficient (Wildman–Crippen LogP) is 0.914. The van der Waals surface area contributed by atoms with E-state index in [1.807, 2.05) is 4.90 Å². The number of hydrogen-bond donors (Lipinski definition) is 0. The molecule has 2 fully saturated rings. The van der Waals surface area contributed by atoms with E-state index in [1.165, 1.54) is 0 Å². The molecule has 2 rings (SSSR count). The molecule has 23 heavy (non-hydrogen) atoms. The molecular weight excluding hydrogens is 290 g/mol. The Kier molecular flexibility index (Phi) is 6.38. The number of carbonyl (C=O) groups is 1. The van der Waals surface area contributed by atoms with Crippen LogP contribution in [0.4, 0.5) is 0 Å². The van der Waals surface area contributed by atoms with Crippen molar-refractivity contribution in [3.63, 3.8) is 0 Å². The molecule has 0 aromatic rings. The zero-order chi connectivity index (χ0) is 16.8. The van der Waals surface area contributed by atoms with Crippen LogP contribution >= 0.6 is 0 Å². The second kappa shape index (κ2) is 8.29. The van der Waals surface area contributed by atoms with Gasteiger partial charge in [0.25, 0.3) is 0 Å². The van der Waals surface area contributed by atoms with Gasteiger partial charge in [-0.2, -0.15) is 10.5 Å². The average Bonchev–Trinajstić information content (AvgIpc) is 2.92. The van der Waals surface area contributed by atoms with Crippen molar-refractivity contribution in [1.29, 1.82) is 10.5 Å². The van der Waals surface area contributed by atoms with Gasteiger partial charge in [0, 0.05) is 65.2 Å². The van der Waals surface area contributed by atoms with Gasteiger partial charge in [-0.1, -0.05) is 6.92 Å². The fourth-order valence-electron chi connectivity index (χ4n) is 3.79. The van der Waals surface area contributed by atoms with E-state index in [0.717, 1.165) is 45.8 Å². The molecular formula is C17H27N5O. The van der Waals surface area contributed by atoms with Crippen molar-refractivity contribution in [2.45, 2.75) is 32.7 Å². The van der Waals surface area contributed by atoms with Crippen LogP contribution < -0.4 is 0 Å². The van der Waals surface area contributed by atoms with Crippen LogP contribution in [0.5, 0.6) is 0 Å².